The third-order valence-electron chi connectivity index (χ3n) is 2.95. The summed E-state index contributed by atoms with van der Waals surface area (Å²) in [5.74, 6) is 0.345. The second-order valence-electron chi connectivity index (χ2n) is 4.20. The van der Waals surface area contributed by atoms with Crippen LogP contribution in [0.4, 0.5) is 5.69 Å². The summed E-state index contributed by atoms with van der Waals surface area (Å²) in [6, 6.07) is 3.94. The SMILES string of the molecule is COc1nc(C)c(-c2cncc(N)c2)c(C)c1C#N. The first-order chi connectivity index (χ1) is 9.08. The molecule has 2 heterocycles. The maximum Gasteiger partial charge on any atom is 0.231 e. The zero-order valence-electron chi connectivity index (χ0n) is 11.1. The van der Waals surface area contributed by atoms with Crippen LogP contribution in [0.1, 0.15) is 16.8 Å². The van der Waals surface area contributed by atoms with Crippen molar-refractivity contribution >= 4 is 5.69 Å². The number of rotatable bonds is 2. The van der Waals surface area contributed by atoms with Crippen molar-refractivity contribution in [3.8, 4) is 23.1 Å². The summed E-state index contributed by atoms with van der Waals surface area (Å²) in [5.41, 5.74) is 10.1. The maximum atomic E-state index is 9.24. The van der Waals surface area contributed by atoms with Crippen LogP contribution >= 0.6 is 0 Å². The maximum absolute atomic E-state index is 9.24. The molecule has 0 aliphatic rings. The van der Waals surface area contributed by atoms with Crippen LogP contribution in [0, 0.1) is 25.2 Å². The second-order valence-corrected chi connectivity index (χ2v) is 4.20. The van der Waals surface area contributed by atoms with E-state index in [4.69, 9.17) is 10.5 Å². The fourth-order valence-electron chi connectivity index (χ4n) is 2.12. The fourth-order valence-corrected chi connectivity index (χ4v) is 2.12. The van der Waals surface area contributed by atoms with Crippen LogP contribution in [-0.2, 0) is 0 Å². The van der Waals surface area contributed by atoms with Crippen molar-refractivity contribution in [3.63, 3.8) is 0 Å². The smallest absolute Gasteiger partial charge is 0.231 e. The Morgan fingerprint density at radius 1 is 1.32 bits per heavy atom. The molecule has 5 heteroatoms. The van der Waals surface area contributed by atoms with Gasteiger partial charge in [-0.3, -0.25) is 4.98 Å². The summed E-state index contributed by atoms with van der Waals surface area (Å²) in [6.45, 7) is 3.74. The van der Waals surface area contributed by atoms with E-state index in [0.717, 1.165) is 22.4 Å². The average Bonchev–Trinajstić information content (AvgIpc) is 2.38. The van der Waals surface area contributed by atoms with Gasteiger partial charge in [-0.15, -0.1) is 0 Å². The molecule has 2 rings (SSSR count). The number of nitrogen functional groups attached to an aromatic ring is 1. The van der Waals surface area contributed by atoms with Crippen LogP contribution < -0.4 is 10.5 Å². The van der Waals surface area contributed by atoms with Crippen LogP contribution in [0.25, 0.3) is 11.1 Å². The second kappa shape index (κ2) is 4.94. The summed E-state index contributed by atoms with van der Waals surface area (Å²) < 4.78 is 5.14. The van der Waals surface area contributed by atoms with Crippen LogP contribution in [0.2, 0.25) is 0 Å². The molecule has 0 aliphatic heterocycles. The number of nitrogens with zero attached hydrogens (tertiary/aromatic N) is 3. The Morgan fingerprint density at radius 3 is 2.63 bits per heavy atom. The lowest BCUT2D eigenvalue weighted by Gasteiger charge is -2.13. The van der Waals surface area contributed by atoms with Crippen molar-refractivity contribution in [2.75, 3.05) is 12.8 Å². The van der Waals surface area contributed by atoms with Gasteiger partial charge in [0.2, 0.25) is 5.88 Å². The molecule has 0 aromatic carbocycles. The zero-order valence-corrected chi connectivity index (χ0v) is 11.1. The van der Waals surface area contributed by atoms with Crippen molar-refractivity contribution in [2.45, 2.75) is 13.8 Å². The largest absolute Gasteiger partial charge is 0.480 e. The van der Waals surface area contributed by atoms with Gasteiger partial charge in [0.05, 0.1) is 12.8 Å². The van der Waals surface area contributed by atoms with Crippen molar-refractivity contribution in [1.29, 1.82) is 5.26 Å². The Morgan fingerprint density at radius 2 is 2.05 bits per heavy atom. The van der Waals surface area contributed by atoms with Crippen LogP contribution in [0.3, 0.4) is 0 Å². The molecule has 0 atom stereocenters. The molecule has 2 aromatic rings. The van der Waals surface area contributed by atoms with E-state index < -0.39 is 0 Å². The molecular formula is C14H14N4O. The molecule has 0 radical (unpaired) electrons. The highest BCUT2D eigenvalue weighted by Gasteiger charge is 2.16. The van der Waals surface area contributed by atoms with E-state index >= 15 is 0 Å². The Bertz CT molecular complexity index is 674. The molecular weight excluding hydrogens is 240 g/mol. The molecule has 0 saturated carbocycles. The molecule has 0 aliphatic carbocycles. The zero-order chi connectivity index (χ0) is 14.0. The summed E-state index contributed by atoms with van der Waals surface area (Å²) in [7, 11) is 1.50. The number of pyridine rings is 2. The molecule has 5 nitrogen and oxygen atoms in total. The van der Waals surface area contributed by atoms with Gasteiger partial charge in [0.25, 0.3) is 0 Å². The van der Waals surface area contributed by atoms with E-state index in [0.29, 0.717) is 17.1 Å². The van der Waals surface area contributed by atoms with Gasteiger partial charge in [-0.1, -0.05) is 0 Å². The van der Waals surface area contributed by atoms with Crippen molar-refractivity contribution < 1.29 is 4.74 Å². The topological polar surface area (TPSA) is 84.8 Å². The van der Waals surface area contributed by atoms with Crippen LogP contribution in [0.15, 0.2) is 18.5 Å². The molecule has 0 amide bonds. The first-order valence-electron chi connectivity index (χ1n) is 5.74. The monoisotopic (exact) mass is 254 g/mol. The average molecular weight is 254 g/mol. The summed E-state index contributed by atoms with van der Waals surface area (Å²) in [4.78, 5) is 8.39. The van der Waals surface area contributed by atoms with Crippen molar-refractivity contribution in [2.24, 2.45) is 0 Å². The van der Waals surface area contributed by atoms with Crippen LogP contribution in [-0.4, -0.2) is 17.1 Å². The Kier molecular flexibility index (Phi) is 3.34. The highest BCUT2D eigenvalue weighted by atomic mass is 16.5. The first kappa shape index (κ1) is 12.8. The van der Waals surface area contributed by atoms with E-state index in [1.54, 1.807) is 12.4 Å². The summed E-state index contributed by atoms with van der Waals surface area (Å²) in [5, 5.41) is 9.24. The van der Waals surface area contributed by atoms with Gasteiger partial charge in [0.15, 0.2) is 0 Å². The van der Waals surface area contributed by atoms with Gasteiger partial charge >= 0.3 is 0 Å². The van der Waals surface area contributed by atoms with Gasteiger partial charge in [0.1, 0.15) is 11.6 Å². The van der Waals surface area contributed by atoms with E-state index in [-0.39, 0.29) is 0 Å². The van der Waals surface area contributed by atoms with E-state index in [1.165, 1.54) is 7.11 Å². The number of aryl methyl sites for hydroxylation is 1. The van der Waals surface area contributed by atoms with Crippen molar-refractivity contribution in [1.82, 2.24) is 9.97 Å². The van der Waals surface area contributed by atoms with E-state index in [2.05, 4.69) is 16.0 Å². The molecule has 0 saturated heterocycles. The minimum Gasteiger partial charge on any atom is -0.480 e. The molecule has 0 spiro atoms. The molecule has 0 bridgehead atoms. The molecule has 19 heavy (non-hydrogen) atoms. The van der Waals surface area contributed by atoms with Gasteiger partial charge < -0.3 is 10.5 Å². The first-order valence-corrected chi connectivity index (χ1v) is 5.74. The summed E-state index contributed by atoms with van der Waals surface area (Å²) in [6.07, 6.45) is 3.29. The Hall–Kier alpha value is -2.61. The molecule has 96 valence electrons. The third-order valence-corrected chi connectivity index (χ3v) is 2.95. The van der Waals surface area contributed by atoms with E-state index in [1.807, 2.05) is 19.9 Å². The predicted octanol–water partition coefficient (Wildman–Crippen LogP) is 2.22. The number of aromatic nitrogens is 2. The molecule has 2 N–H and O–H groups in total. The van der Waals surface area contributed by atoms with Gasteiger partial charge in [-0.25, -0.2) is 4.98 Å². The van der Waals surface area contributed by atoms with Gasteiger partial charge in [-0.2, -0.15) is 5.26 Å². The highest BCUT2D eigenvalue weighted by Crippen LogP contribution is 2.32. The molecule has 2 aromatic heterocycles. The number of hydrogen-bond acceptors (Lipinski definition) is 5. The van der Waals surface area contributed by atoms with Crippen molar-refractivity contribution in [3.05, 3.63) is 35.3 Å². The highest BCUT2D eigenvalue weighted by molar-refractivity contribution is 5.74. The van der Waals surface area contributed by atoms with E-state index in [9.17, 15) is 5.26 Å². The third kappa shape index (κ3) is 2.20. The molecule has 0 fully saturated rings. The number of nitriles is 1. The minimum atomic E-state index is 0.345. The normalized spacial score (nSPS) is 10.0. The number of ether oxygens (including phenoxy) is 1. The van der Waals surface area contributed by atoms with Gasteiger partial charge in [-0.05, 0) is 25.5 Å². The number of hydrogen-bond donors (Lipinski definition) is 1. The lowest BCUT2D eigenvalue weighted by atomic mass is 9.97. The number of nitrogens with two attached hydrogens (primary N) is 1. The Balaban J connectivity index is 2.75. The quantitative estimate of drug-likeness (QED) is 0.888. The predicted molar refractivity (Wildman–Crippen MR) is 72.6 cm³/mol. The van der Waals surface area contributed by atoms with Crippen LogP contribution in [0.5, 0.6) is 5.88 Å². The van der Waals surface area contributed by atoms with Gasteiger partial charge in [0, 0.05) is 29.2 Å². The number of anilines is 1. The summed E-state index contributed by atoms with van der Waals surface area (Å²) >= 11 is 0. The minimum absolute atomic E-state index is 0.345. The lowest BCUT2D eigenvalue weighted by Crippen LogP contribution is -2.01. The molecule has 0 unspecified atom stereocenters. The fraction of sp³-hybridized carbons (Fsp3) is 0.214. The lowest BCUT2D eigenvalue weighted by molar-refractivity contribution is 0.395. The number of methoxy groups -OCH3 is 1. The Labute approximate surface area is 111 Å². The standard InChI is InChI=1S/C14H14N4O/c1-8-12(5-15)14(19-3)18-9(2)13(8)10-4-11(16)7-17-6-10/h4,6-7H,16H2,1-3H3.